The van der Waals surface area contributed by atoms with E-state index < -0.39 is 5.60 Å². The fourth-order valence-electron chi connectivity index (χ4n) is 3.87. The molecule has 0 heterocycles. The van der Waals surface area contributed by atoms with Gasteiger partial charge >= 0.3 is 6.09 Å². The van der Waals surface area contributed by atoms with Crippen LogP contribution in [0.2, 0.25) is 0 Å². The summed E-state index contributed by atoms with van der Waals surface area (Å²) in [7, 11) is 1.82. The van der Waals surface area contributed by atoms with E-state index in [0.717, 1.165) is 12.8 Å². The summed E-state index contributed by atoms with van der Waals surface area (Å²) >= 11 is 0. The SMILES string of the molecule is COC1CCCCC1NC1CCCC1CNC(=O)OC(C)(C)C. The van der Waals surface area contributed by atoms with Gasteiger partial charge in [0.15, 0.2) is 0 Å². The van der Waals surface area contributed by atoms with Gasteiger partial charge in [-0.2, -0.15) is 0 Å². The Labute approximate surface area is 140 Å². The zero-order valence-corrected chi connectivity index (χ0v) is 15.2. The molecule has 2 rings (SSSR count). The molecular weight excluding hydrogens is 292 g/mol. The Morgan fingerprint density at radius 3 is 2.43 bits per heavy atom. The molecule has 0 radical (unpaired) electrons. The van der Waals surface area contributed by atoms with Crippen LogP contribution in [-0.2, 0) is 9.47 Å². The fourth-order valence-corrected chi connectivity index (χ4v) is 3.87. The Kier molecular flexibility index (Phi) is 6.72. The van der Waals surface area contributed by atoms with Gasteiger partial charge in [0.25, 0.3) is 0 Å². The molecule has 0 spiro atoms. The number of carbonyl (C=O) groups is 1. The third kappa shape index (κ3) is 5.96. The minimum absolute atomic E-state index is 0.310. The van der Waals surface area contributed by atoms with Gasteiger partial charge in [0, 0.05) is 25.7 Å². The first-order chi connectivity index (χ1) is 10.9. The maximum Gasteiger partial charge on any atom is 0.407 e. The minimum Gasteiger partial charge on any atom is -0.444 e. The van der Waals surface area contributed by atoms with Crippen molar-refractivity contribution in [1.82, 2.24) is 10.6 Å². The Balaban J connectivity index is 1.79. The highest BCUT2D eigenvalue weighted by atomic mass is 16.6. The molecule has 0 aromatic rings. The van der Waals surface area contributed by atoms with Crippen LogP contribution in [0.15, 0.2) is 0 Å². The van der Waals surface area contributed by atoms with Crippen LogP contribution in [0, 0.1) is 5.92 Å². The molecule has 2 fully saturated rings. The predicted octanol–water partition coefficient (Wildman–Crippen LogP) is 3.23. The Hall–Kier alpha value is -0.810. The van der Waals surface area contributed by atoms with E-state index in [-0.39, 0.29) is 6.09 Å². The Bertz CT molecular complexity index is 381. The molecule has 1 amide bonds. The third-order valence-electron chi connectivity index (χ3n) is 5.00. The van der Waals surface area contributed by atoms with Crippen molar-refractivity contribution < 1.29 is 14.3 Å². The number of hydrogen-bond donors (Lipinski definition) is 2. The van der Waals surface area contributed by atoms with Crippen LogP contribution in [0.3, 0.4) is 0 Å². The maximum absolute atomic E-state index is 11.8. The number of amides is 1. The molecule has 0 aromatic heterocycles. The highest BCUT2D eigenvalue weighted by molar-refractivity contribution is 5.67. The van der Waals surface area contributed by atoms with E-state index in [1.807, 2.05) is 27.9 Å². The molecule has 0 aromatic carbocycles. The third-order valence-corrected chi connectivity index (χ3v) is 5.00. The summed E-state index contributed by atoms with van der Waals surface area (Å²) in [4.78, 5) is 11.8. The number of ether oxygens (including phenoxy) is 2. The topological polar surface area (TPSA) is 59.6 Å². The van der Waals surface area contributed by atoms with Crippen molar-refractivity contribution in [2.75, 3.05) is 13.7 Å². The standard InChI is InChI=1S/C18H34N2O3/c1-18(2,3)23-17(21)19-12-13-8-7-10-14(13)20-15-9-5-6-11-16(15)22-4/h13-16,20H,5-12H2,1-4H3,(H,19,21). The van der Waals surface area contributed by atoms with Crippen molar-refractivity contribution in [3.63, 3.8) is 0 Å². The summed E-state index contributed by atoms with van der Waals surface area (Å²) in [6.45, 7) is 6.36. The first kappa shape index (κ1) is 18.5. The lowest BCUT2D eigenvalue weighted by atomic mass is 9.90. The van der Waals surface area contributed by atoms with Crippen LogP contribution in [0.1, 0.15) is 65.7 Å². The van der Waals surface area contributed by atoms with Crippen molar-refractivity contribution >= 4 is 6.09 Å². The summed E-state index contributed by atoms with van der Waals surface area (Å²) in [6, 6.07) is 0.937. The molecule has 2 N–H and O–H groups in total. The number of nitrogens with one attached hydrogen (secondary N) is 2. The average Bonchev–Trinajstić information content (AvgIpc) is 2.91. The van der Waals surface area contributed by atoms with Gasteiger partial charge in [-0.1, -0.05) is 19.3 Å². The quantitative estimate of drug-likeness (QED) is 0.814. The minimum atomic E-state index is -0.439. The zero-order chi connectivity index (χ0) is 16.9. The second-order valence-electron chi connectivity index (χ2n) is 8.01. The zero-order valence-electron chi connectivity index (χ0n) is 15.2. The average molecular weight is 326 g/mol. The number of carbonyl (C=O) groups excluding carboxylic acids is 1. The summed E-state index contributed by atoms with van der Waals surface area (Å²) in [5.74, 6) is 0.488. The molecule has 134 valence electrons. The van der Waals surface area contributed by atoms with Crippen LogP contribution in [0.25, 0.3) is 0 Å². The first-order valence-electron chi connectivity index (χ1n) is 9.15. The van der Waals surface area contributed by atoms with Crippen LogP contribution < -0.4 is 10.6 Å². The largest absolute Gasteiger partial charge is 0.444 e. The van der Waals surface area contributed by atoms with Gasteiger partial charge in [-0.05, 0) is 52.4 Å². The van der Waals surface area contributed by atoms with Crippen LogP contribution >= 0.6 is 0 Å². The van der Waals surface area contributed by atoms with E-state index in [1.54, 1.807) is 0 Å². The lowest BCUT2D eigenvalue weighted by Crippen LogP contribution is -2.50. The van der Waals surface area contributed by atoms with Crippen molar-refractivity contribution in [1.29, 1.82) is 0 Å². The molecule has 0 saturated heterocycles. The smallest absolute Gasteiger partial charge is 0.407 e. The summed E-state index contributed by atoms with van der Waals surface area (Å²) in [5.41, 5.74) is -0.439. The lowest BCUT2D eigenvalue weighted by Gasteiger charge is -2.35. The summed E-state index contributed by atoms with van der Waals surface area (Å²) in [6.07, 6.45) is 8.51. The van der Waals surface area contributed by atoms with Gasteiger partial charge in [-0.3, -0.25) is 0 Å². The van der Waals surface area contributed by atoms with E-state index >= 15 is 0 Å². The second kappa shape index (κ2) is 8.34. The van der Waals surface area contributed by atoms with Gasteiger partial charge < -0.3 is 20.1 Å². The van der Waals surface area contributed by atoms with E-state index in [1.165, 1.54) is 32.1 Å². The van der Waals surface area contributed by atoms with Crippen molar-refractivity contribution in [3.8, 4) is 0 Å². The molecule has 4 atom stereocenters. The van der Waals surface area contributed by atoms with Crippen LogP contribution in [-0.4, -0.2) is 43.5 Å². The number of rotatable bonds is 5. The van der Waals surface area contributed by atoms with Crippen LogP contribution in [0.4, 0.5) is 4.79 Å². The molecule has 23 heavy (non-hydrogen) atoms. The van der Waals surface area contributed by atoms with E-state index in [9.17, 15) is 4.79 Å². The Morgan fingerprint density at radius 2 is 1.74 bits per heavy atom. The normalized spacial score (nSPS) is 31.8. The van der Waals surface area contributed by atoms with Gasteiger partial charge in [0.2, 0.25) is 0 Å². The predicted molar refractivity (Wildman–Crippen MR) is 91.6 cm³/mol. The van der Waals surface area contributed by atoms with Crippen LogP contribution in [0.5, 0.6) is 0 Å². The van der Waals surface area contributed by atoms with E-state index in [0.29, 0.717) is 30.7 Å². The van der Waals surface area contributed by atoms with E-state index in [4.69, 9.17) is 9.47 Å². The highest BCUT2D eigenvalue weighted by Crippen LogP contribution is 2.28. The molecule has 2 aliphatic carbocycles. The fraction of sp³-hybridized carbons (Fsp3) is 0.944. The first-order valence-corrected chi connectivity index (χ1v) is 9.15. The van der Waals surface area contributed by atoms with Crippen molar-refractivity contribution in [2.24, 2.45) is 5.92 Å². The number of alkyl carbamates (subject to hydrolysis) is 1. The summed E-state index contributed by atoms with van der Waals surface area (Å²) < 4.78 is 11.0. The number of hydrogen-bond acceptors (Lipinski definition) is 4. The molecule has 2 aliphatic rings. The lowest BCUT2D eigenvalue weighted by molar-refractivity contribution is 0.0350. The molecule has 2 saturated carbocycles. The molecule has 5 heteroatoms. The molecule has 4 unspecified atom stereocenters. The van der Waals surface area contributed by atoms with Gasteiger partial charge in [-0.15, -0.1) is 0 Å². The van der Waals surface area contributed by atoms with E-state index in [2.05, 4.69) is 10.6 Å². The van der Waals surface area contributed by atoms with Crippen molar-refractivity contribution in [3.05, 3.63) is 0 Å². The van der Waals surface area contributed by atoms with Crippen molar-refractivity contribution in [2.45, 2.75) is 89.5 Å². The van der Waals surface area contributed by atoms with Gasteiger partial charge in [0.1, 0.15) is 5.60 Å². The monoisotopic (exact) mass is 326 g/mol. The summed E-state index contributed by atoms with van der Waals surface area (Å²) in [5, 5.41) is 6.76. The van der Waals surface area contributed by atoms with Gasteiger partial charge in [0.05, 0.1) is 6.10 Å². The molecular formula is C18H34N2O3. The number of methoxy groups -OCH3 is 1. The second-order valence-corrected chi connectivity index (χ2v) is 8.01. The maximum atomic E-state index is 11.8. The Morgan fingerprint density at radius 1 is 1.04 bits per heavy atom. The highest BCUT2D eigenvalue weighted by Gasteiger charge is 2.33. The van der Waals surface area contributed by atoms with Gasteiger partial charge in [-0.25, -0.2) is 4.79 Å². The molecule has 0 bridgehead atoms. The molecule has 5 nitrogen and oxygen atoms in total. The molecule has 0 aliphatic heterocycles.